The molecule has 0 aliphatic carbocycles. The molecule has 0 spiro atoms. The summed E-state index contributed by atoms with van der Waals surface area (Å²) in [5.74, 6) is 0.434. The zero-order valence-corrected chi connectivity index (χ0v) is 16.9. The monoisotopic (exact) mass is 428 g/mol. The highest BCUT2D eigenvalue weighted by molar-refractivity contribution is 5.85. The van der Waals surface area contributed by atoms with E-state index in [0.717, 1.165) is 74.4 Å². The van der Waals surface area contributed by atoms with Gasteiger partial charge in [0.1, 0.15) is 5.75 Å². The number of halogens is 4. The van der Waals surface area contributed by atoms with Gasteiger partial charge in [0.05, 0.1) is 11.3 Å². The first-order valence-electron chi connectivity index (χ1n) is 9.60. The van der Waals surface area contributed by atoms with Crippen molar-refractivity contribution < 1.29 is 18.3 Å². The Morgan fingerprint density at radius 3 is 2.66 bits per heavy atom. The molecular formula is C20H24ClF3N4O. The Morgan fingerprint density at radius 2 is 2.00 bits per heavy atom. The van der Waals surface area contributed by atoms with Crippen LogP contribution in [0.4, 0.5) is 19.0 Å². The van der Waals surface area contributed by atoms with Gasteiger partial charge in [0.15, 0.2) is 5.82 Å². The molecule has 0 bridgehead atoms. The minimum Gasteiger partial charge on any atom is -0.507 e. The lowest BCUT2D eigenvalue weighted by atomic mass is 9.94. The van der Waals surface area contributed by atoms with Crippen LogP contribution in [0.15, 0.2) is 18.2 Å². The average Bonchev–Trinajstić information content (AvgIpc) is 2.68. The molecule has 0 radical (unpaired) electrons. The minimum atomic E-state index is -4.50. The van der Waals surface area contributed by atoms with Gasteiger partial charge in [-0.25, -0.2) is 0 Å². The minimum absolute atomic E-state index is 0. The van der Waals surface area contributed by atoms with Crippen molar-refractivity contribution in [2.24, 2.45) is 0 Å². The fourth-order valence-corrected chi connectivity index (χ4v) is 4.22. The Hall–Kier alpha value is -2.06. The van der Waals surface area contributed by atoms with E-state index in [9.17, 15) is 18.3 Å². The number of hydrogen-bond donors (Lipinski definition) is 2. The Labute approximate surface area is 173 Å². The molecule has 1 saturated heterocycles. The largest absolute Gasteiger partial charge is 0.507 e. The summed E-state index contributed by atoms with van der Waals surface area (Å²) in [6.07, 6.45) is -0.424. The number of nitrogens with one attached hydrogen (secondary N) is 1. The van der Waals surface area contributed by atoms with E-state index < -0.39 is 17.5 Å². The van der Waals surface area contributed by atoms with E-state index in [1.165, 1.54) is 6.07 Å². The van der Waals surface area contributed by atoms with Crippen LogP contribution in [-0.2, 0) is 12.6 Å². The predicted molar refractivity (Wildman–Crippen MR) is 108 cm³/mol. The Morgan fingerprint density at radius 1 is 1.21 bits per heavy atom. The Kier molecular flexibility index (Phi) is 6.24. The molecule has 158 valence electrons. The lowest BCUT2D eigenvalue weighted by Crippen LogP contribution is -2.48. The molecule has 1 aromatic heterocycles. The number of rotatable bonds is 2. The third-order valence-electron chi connectivity index (χ3n) is 5.71. The number of aromatic hydroxyl groups is 1. The van der Waals surface area contributed by atoms with Crippen molar-refractivity contribution in [3.05, 3.63) is 34.9 Å². The van der Waals surface area contributed by atoms with Crippen LogP contribution in [0.5, 0.6) is 5.75 Å². The van der Waals surface area contributed by atoms with Crippen molar-refractivity contribution >= 4 is 18.2 Å². The molecule has 5 nitrogen and oxygen atoms in total. The molecule has 9 heteroatoms. The van der Waals surface area contributed by atoms with E-state index in [0.29, 0.717) is 11.7 Å². The molecule has 29 heavy (non-hydrogen) atoms. The number of piperidine rings is 1. The van der Waals surface area contributed by atoms with Crippen LogP contribution in [0.3, 0.4) is 0 Å². The van der Waals surface area contributed by atoms with E-state index in [-0.39, 0.29) is 18.0 Å². The molecule has 2 aromatic rings. The molecule has 2 N–H and O–H groups in total. The predicted octanol–water partition coefficient (Wildman–Crippen LogP) is 4.10. The number of anilines is 1. The number of benzene rings is 1. The van der Waals surface area contributed by atoms with Crippen LogP contribution >= 0.6 is 12.4 Å². The second-order valence-corrected chi connectivity index (χ2v) is 7.50. The molecule has 3 heterocycles. The summed E-state index contributed by atoms with van der Waals surface area (Å²) in [7, 11) is 0. The molecule has 0 unspecified atom stereocenters. The fourth-order valence-electron chi connectivity index (χ4n) is 4.22. The normalized spacial score (nSPS) is 19.4. The van der Waals surface area contributed by atoms with Crippen LogP contribution in [0.25, 0.3) is 11.3 Å². The van der Waals surface area contributed by atoms with Gasteiger partial charge in [-0.15, -0.1) is 22.6 Å². The highest BCUT2D eigenvalue weighted by atomic mass is 35.5. The zero-order valence-electron chi connectivity index (χ0n) is 16.1. The summed E-state index contributed by atoms with van der Waals surface area (Å²) >= 11 is 0. The summed E-state index contributed by atoms with van der Waals surface area (Å²) in [4.78, 5) is 2.31. The van der Waals surface area contributed by atoms with Gasteiger partial charge in [-0.1, -0.05) is 0 Å². The quantitative estimate of drug-likeness (QED) is 0.754. The zero-order chi connectivity index (χ0) is 19.9. The second kappa shape index (κ2) is 8.36. The van der Waals surface area contributed by atoms with Gasteiger partial charge in [0.25, 0.3) is 0 Å². The van der Waals surface area contributed by atoms with Crippen LogP contribution in [0.1, 0.15) is 36.0 Å². The van der Waals surface area contributed by atoms with E-state index in [4.69, 9.17) is 0 Å². The maximum absolute atomic E-state index is 12.9. The van der Waals surface area contributed by atoms with E-state index in [1.54, 1.807) is 0 Å². The fraction of sp³-hybridized carbons (Fsp3) is 0.500. The highest BCUT2D eigenvalue weighted by Crippen LogP contribution is 2.39. The van der Waals surface area contributed by atoms with Gasteiger partial charge < -0.3 is 15.3 Å². The summed E-state index contributed by atoms with van der Waals surface area (Å²) in [6, 6.07) is 3.37. The number of aromatic nitrogens is 2. The maximum Gasteiger partial charge on any atom is 0.416 e. The van der Waals surface area contributed by atoms with E-state index >= 15 is 0 Å². The van der Waals surface area contributed by atoms with Crippen molar-refractivity contribution in [1.29, 1.82) is 0 Å². The number of fused-ring (bicyclic) bond motifs is 1. The average molecular weight is 429 g/mol. The first kappa shape index (κ1) is 21.6. The van der Waals surface area contributed by atoms with Gasteiger partial charge in [-0.3, -0.25) is 0 Å². The number of phenols is 1. The lowest BCUT2D eigenvalue weighted by molar-refractivity contribution is -0.137. The molecule has 2 aliphatic heterocycles. The molecule has 1 fully saturated rings. The van der Waals surface area contributed by atoms with E-state index in [2.05, 4.69) is 20.4 Å². The summed E-state index contributed by atoms with van der Waals surface area (Å²) < 4.78 is 38.6. The van der Waals surface area contributed by atoms with Gasteiger partial charge in [-0.05, 0) is 62.9 Å². The number of nitrogens with zero attached hydrogens (tertiary/aromatic N) is 3. The number of hydrogen-bond acceptors (Lipinski definition) is 5. The first-order chi connectivity index (χ1) is 13.4. The van der Waals surface area contributed by atoms with Gasteiger partial charge in [0, 0.05) is 30.3 Å². The van der Waals surface area contributed by atoms with Crippen molar-refractivity contribution in [2.75, 3.05) is 24.5 Å². The number of alkyl halides is 3. The Bertz CT molecular complexity index is 885. The summed E-state index contributed by atoms with van der Waals surface area (Å²) in [5, 5.41) is 22.4. The van der Waals surface area contributed by atoms with Crippen molar-refractivity contribution in [3.63, 3.8) is 0 Å². The van der Waals surface area contributed by atoms with Gasteiger partial charge in [-0.2, -0.15) is 13.2 Å². The molecule has 4 rings (SSSR count). The smallest absolute Gasteiger partial charge is 0.416 e. The highest BCUT2D eigenvalue weighted by Gasteiger charge is 2.32. The third-order valence-corrected chi connectivity index (χ3v) is 5.71. The lowest BCUT2D eigenvalue weighted by Gasteiger charge is -2.39. The summed E-state index contributed by atoms with van der Waals surface area (Å²) in [6.45, 7) is 4.79. The molecule has 1 aromatic carbocycles. The Balaban J connectivity index is 0.00000240. The van der Waals surface area contributed by atoms with Crippen LogP contribution < -0.4 is 10.2 Å². The second-order valence-electron chi connectivity index (χ2n) is 7.50. The van der Waals surface area contributed by atoms with Crippen LogP contribution in [-0.4, -0.2) is 41.0 Å². The topological polar surface area (TPSA) is 61.3 Å². The molecular weight excluding hydrogens is 405 g/mol. The number of phenolic OH excluding ortho intramolecular Hbond substituents is 1. The summed E-state index contributed by atoms with van der Waals surface area (Å²) in [5.41, 5.74) is 1.77. The molecule has 1 atom stereocenters. The molecule has 0 saturated carbocycles. The first-order valence-corrected chi connectivity index (χ1v) is 9.60. The maximum atomic E-state index is 12.9. The van der Waals surface area contributed by atoms with E-state index in [1.807, 2.05) is 6.92 Å². The third kappa shape index (κ3) is 4.14. The SMILES string of the molecule is Cc1c(-c2ccc(C(F)(F)F)cc2O)nnc2c1CCCN2[C@@H]1CCCNC1.Cl. The van der Waals surface area contributed by atoms with Crippen molar-refractivity contribution in [1.82, 2.24) is 15.5 Å². The van der Waals surface area contributed by atoms with Crippen LogP contribution in [0, 0.1) is 6.92 Å². The molecule has 0 amide bonds. The van der Waals surface area contributed by atoms with Crippen LogP contribution in [0.2, 0.25) is 0 Å². The van der Waals surface area contributed by atoms with Gasteiger partial charge >= 0.3 is 6.18 Å². The van der Waals surface area contributed by atoms with Crippen molar-refractivity contribution in [2.45, 2.75) is 44.8 Å². The van der Waals surface area contributed by atoms with Gasteiger partial charge in [0.2, 0.25) is 0 Å². The standard InChI is InChI=1S/C20H23F3N4O.ClH/c1-12-15-5-3-9-27(14-4-2-8-24-11-14)19(15)26-25-18(12)16-7-6-13(10-17(16)28)20(21,22)23;/h6-7,10,14,24,28H,2-5,8-9,11H2,1H3;1H/t14-;/m1./s1. The van der Waals surface area contributed by atoms with Crippen molar-refractivity contribution in [3.8, 4) is 17.0 Å². The molecule has 2 aliphatic rings.